The third kappa shape index (κ3) is 4.36. The van der Waals surface area contributed by atoms with Crippen LogP contribution in [0.15, 0.2) is 18.2 Å². The Morgan fingerprint density at radius 3 is 2.10 bits per heavy atom. The molecule has 0 aliphatic heterocycles. The van der Waals surface area contributed by atoms with E-state index in [-0.39, 0.29) is 5.56 Å². The zero-order valence-corrected chi connectivity index (χ0v) is 9.97. The number of carboxylic acids is 1. The van der Waals surface area contributed by atoms with Gasteiger partial charge < -0.3 is 10.4 Å². The number of carboxylic acid groups (broad SMARTS) is 1. The van der Waals surface area contributed by atoms with Gasteiger partial charge in [0.05, 0.1) is 11.1 Å². The fourth-order valence-corrected chi connectivity index (χ4v) is 1.41. The van der Waals surface area contributed by atoms with E-state index in [1.807, 2.05) is 0 Å². The molecule has 0 radical (unpaired) electrons. The maximum Gasteiger partial charge on any atom is 0.471 e. The molecular weight excluding hydrogens is 308 g/mol. The highest BCUT2D eigenvalue weighted by Gasteiger charge is 2.38. The van der Waals surface area contributed by atoms with Gasteiger partial charge in [-0.1, -0.05) is 6.07 Å². The zero-order chi connectivity index (χ0) is 16.4. The number of carbonyl (C=O) groups excluding carboxylic acids is 1. The molecule has 2 N–H and O–H groups in total. The monoisotopic (exact) mass is 315 g/mol. The molecule has 1 aromatic carbocycles. The molecule has 1 amide bonds. The van der Waals surface area contributed by atoms with Gasteiger partial charge in [-0.05, 0) is 17.7 Å². The second kappa shape index (κ2) is 5.62. The van der Waals surface area contributed by atoms with E-state index in [9.17, 15) is 35.9 Å². The number of halogens is 6. The normalized spacial score (nSPS) is 12.1. The van der Waals surface area contributed by atoms with Crippen molar-refractivity contribution in [3.8, 4) is 0 Å². The van der Waals surface area contributed by atoms with Gasteiger partial charge in [0, 0.05) is 6.54 Å². The molecule has 0 fully saturated rings. The summed E-state index contributed by atoms with van der Waals surface area (Å²) in [6.07, 6.45) is -10.1. The van der Waals surface area contributed by atoms with Crippen molar-refractivity contribution in [2.75, 3.05) is 0 Å². The maximum atomic E-state index is 12.5. The van der Waals surface area contributed by atoms with Crippen LogP contribution in [0.1, 0.15) is 21.5 Å². The molecule has 0 aromatic heterocycles. The van der Waals surface area contributed by atoms with Gasteiger partial charge in [0.2, 0.25) is 0 Å². The number of rotatable bonds is 3. The van der Waals surface area contributed by atoms with Gasteiger partial charge in [-0.3, -0.25) is 4.79 Å². The molecule has 0 atom stereocenters. The molecule has 21 heavy (non-hydrogen) atoms. The summed E-state index contributed by atoms with van der Waals surface area (Å²) in [5, 5.41) is 10.1. The third-order valence-electron chi connectivity index (χ3n) is 2.33. The molecule has 10 heteroatoms. The first-order valence-corrected chi connectivity index (χ1v) is 5.21. The van der Waals surface area contributed by atoms with Gasteiger partial charge in [0.1, 0.15) is 0 Å². The standard InChI is InChI=1S/C11H7F6NO3/c12-10(13,14)7-2-1-5(3-6(7)8(19)20)4-18-9(21)11(15,16)17/h1-3H,4H2,(H,18,21)(H,19,20). The topological polar surface area (TPSA) is 66.4 Å². The quantitative estimate of drug-likeness (QED) is 0.843. The minimum Gasteiger partial charge on any atom is -0.478 e. The Labute approximate surface area is 113 Å². The van der Waals surface area contributed by atoms with Crippen molar-refractivity contribution in [2.24, 2.45) is 0 Å². The summed E-state index contributed by atoms with van der Waals surface area (Å²) in [5.74, 6) is -4.16. The summed E-state index contributed by atoms with van der Waals surface area (Å²) in [6, 6.07) is 1.77. The third-order valence-corrected chi connectivity index (χ3v) is 2.33. The first-order chi connectivity index (χ1) is 9.43. The van der Waals surface area contributed by atoms with Gasteiger partial charge in [-0.2, -0.15) is 26.3 Å². The Kier molecular flexibility index (Phi) is 4.49. The average molecular weight is 315 g/mol. The SMILES string of the molecule is O=C(O)c1cc(CNC(=O)C(F)(F)F)ccc1C(F)(F)F. The van der Waals surface area contributed by atoms with E-state index in [0.29, 0.717) is 12.1 Å². The summed E-state index contributed by atoms with van der Waals surface area (Å²) in [6.45, 7) is -0.753. The first-order valence-electron chi connectivity index (χ1n) is 5.21. The molecule has 1 aromatic rings. The van der Waals surface area contributed by atoms with Crippen molar-refractivity contribution in [3.05, 3.63) is 34.9 Å². The number of aromatic carboxylic acids is 1. The lowest BCUT2D eigenvalue weighted by molar-refractivity contribution is -0.173. The minimum absolute atomic E-state index is 0.210. The molecule has 4 nitrogen and oxygen atoms in total. The fraction of sp³-hybridized carbons (Fsp3) is 0.273. The molecule has 0 aliphatic rings. The molecule has 0 aliphatic carbocycles. The van der Waals surface area contributed by atoms with E-state index in [1.54, 1.807) is 0 Å². The highest BCUT2D eigenvalue weighted by atomic mass is 19.4. The fourth-order valence-electron chi connectivity index (χ4n) is 1.41. The average Bonchev–Trinajstić information content (AvgIpc) is 2.33. The number of benzene rings is 1. The van der Waals surface area contributed by atoms with Crippen molar-refractivity contribution in [1.29, 1.82) is 0 Å². The van der Waals surface area contributed by atoms with Crippen LogP contribution in [0.5, 0.6) is 0 Å². The van der Waals surface area contributed by atoms with E-state index in [1.165, 1.54) is 5.32 Å². The van der Waals surface area contributed by atoms with Gasteiger partial charge in [0.25, 0.3) is 0 Å². The van der Waals surface area contributed by atoms with Crippen molar-refractivity contribution in [1.82, 2.24) is 5.32 Å². The van der Waals surface area contributed by atoms with Crippen LogP contribution in [0, 0.1) is 0 Å². The molecule has 0 saturated carbocycles. The van der Waals surface area contributed by atoms with Gasteiger partial charge in [0.15, 0.2) is 0 Å². The molecule has 0 heterocycles. The smallest absolute Gasteiger partial charge is 0.471 e. The van der Waals surface area contributed by atoms with Crippen molar-refractivity contribution in [2.45, 2.75) is 18.9 Å². The summed E-state index contributed by atoms with van der Waals surface area (Å²) >= 11 is 0. The predicted octanol–water partition coefficient (Wildman–Crippen LogP) is 2.58. The van der Waals surface area contributed by atoms with E-state index in [0.717, 1.165) is 6.07 Å². The Bertz CT molecular complexity index is 564. The van der Waals surface area contributed by atoms with Crippen LogP contribution >= 0.6 is 0 Å². The number of alkyl halides is 6. The van der Waals surface area contributed by atoms with Gasteiger partial charge in [-0.25, -0.2) is 4.79 Å². The second-order valence-electron chi connectivity index (χ2n) is 3.86. The van der Waals surface area contributed by atoms with Crippen LogP contribution < -0.4 is 5.32 Å². The Hall–Kier alpha value is -2.26. The van der Waals surface area contributed by atoms with E-state index in [4.69, 9.17) is 5.11 Å². The molecule has 0 saturated heterocycles. The molecule has 0 spiro atoms. The molecule has 116 valence electrons. The Morgan fingerprint density at radius 1 is 1.10 bits per heavy atom. The predicted molar refractivity (Wildman–Crippen MR) is 56.3 cm³/mol. The van der Waals surface area contributed by atoms with Crippen molar-refractivity contribution < 1.29 is 41.0 Å². The zero-order valence-electron chi connectivity index (χ0n) is 9.97. The van der Waals surface area contributed by atoms with Crippen molar-refractivity contribution in [3.63, 3.8) is 0 Å². The first kappa shape index (κ1) is 16.8. The van der Waals surface area contributed by atoms with Crippen LogP contribution in [-0.2, 0) is 17.5 Å². The lowest BCUT2D eigenvalue weighted by atomic mass is 10.0. The Morgan fingerprint density at radius 2 is 1.67 bits per heavy atom. The van der Waals surface area contributed by atoms with Gasteiger partial charge >= 0.3 is 24.2 Å². The summed E-state index contributed by atoms with van der Waals surface area (Å²) < 4.78 is 73.4. The minimum atomic E-state index is -5.14. The van der Waals surface area contributed by atoms with E-state index < -0.39 is 41.9 Å². The Balaban J connectivity index is 3.00. The van der Waals surface area contributed by atoms with Crippen LogP contribution in [-0.4, -0.2) is 23.2 Å². The summed E-state index contributed by atoms with van der Waals surface area (Å²) in [4.78, 5) is 21.3. The summed E-state index contributed by atoms with van der Waals surface area (Å²) in [5.41, 5.74) is -2.75. The molecule has 0 bridgehead atoms. The number of amides is 1. The second-order valence-corrected chi connectivity index (χ2v) is 3.86. The van der Waals surface area contributed by atoms with E-state index >= 15 is 0 Å². The van der Waals surface area contributed by atoms with E-state index in [2.05, 4.69) is 0 Å². The number of carbonyl (C=O) groups is 2. The maximum absolute atomic E-state index is 12.5. The molecule has 0 unspecified atom stereocenters. The highest BCUT2D eigenvalue weighted by Crippen LogP contribution is 2.32. The van der Waals surface area contributed by atoms with Crippen LogP contribution in [0.2, 0.25) is 0 Å². The number of hydrogen-bond acceptors (Lipinski definition) is 2. The van der Waals surface area contributed by atoms with Gasteiger partial charge in [-0.15, -0.1) is 0 Å². The number of hydrogen-bond donors (Lipinski definition) is 2. The highest BCUT2D eigenvalue weighted by molar-refractivity contribution is 5.90. The van der Waals surface area contributed by atoms with Crippen LogP contribution in [0.25, 0.3) is 0 Å². The number of nitrogens with one attached hydrogen (secondary N) is 1. The lowest BCUT2D eigenvalue weighted by Gasteiger charge is -2.12. The van der Waals surface area contributed by atoms with Crippen LogP contribution in [0.3, 0.4) is 0 Å². The molecule has 1 rings (SSSR count). The largest absolute Gasteiger partial charge is 0.478 e. The van der Waals surface area contributed by atoms with Crippen molar-refractivity contribution >= 4 is 11.9 Å². The molecular formula is C11H7F6NO3. The lowest BCUT2D eigenvalue weighted by Crippen LogP contribution is -2.36. The van der Waals surface area contributed by atoms with Crippen LogP contribution in [0.4, 0.5) is 26.3 Å². The summed E-state index contributed by atoms with van der Waals surface area (Å²) in [7, 11) is 0.